The number of oxazole rings is 1. The van der Waals surface area contributed by atoms with Crippen molar-refractivity contribution in [1.29, 1.82) is 0 Å². The van der Waals surface area contributed by atoms with Crippen LogP contribution < -0.4 is 15.4 Å². The summed E-state index contributed by atoms with van der Waals surface area (Å²) in [5.41, 5.74) is 3.03. The van der Waals surface area contributed by atoms with E-state index >= 15 is 0 Å². The van der Waals surface area contributed by atoms with Crippen molar-refractivity contribution in [2.75, 3.05) is 26.1 Å². The Kier molecular flexibility index (Phi) is 7.99. The lowest BCUT2D eigenvalue weighted by Crippen LogP contribution is -2.23. The Morgan fingerprint density at radius 1 is 1.06 bits per heavy atom. The molecule has 0 aliphatic heterocycles. The van der Waals surface area contributed by atoms with Gasteiger partial charge in [0.2, 0.25) is 17.7 Å². The van der Waals surface area contributed by atoms with Gasteiger partial charge in [-0.15, -0.1) is 0 Å². The molecule has 0 saturated carbocycles. The second-order valence-corrected chi connectivity index (χ2v) is 7.21. The number of carbonyl (C=O) groups is 2. The van der Waals surface area contributed by atoms with E-state index in [9.17, 15) is 9.59 Å². The van der Waals surface area contributed by atoms with Crippen molar-refractivity contribution in [1.82, 2.24) is 10.3 Å². The number of rotatable bonds is 10. The van der Waals surface area contributed by atoms with Crippen molar-refractivity contribution in [3.05, 3.63) is 65.5 Å². The van der Waals surface area contributed by atoms with E-state index in [1.807, 2.05) is 30.3 Å². The fraction of sp³-hybridized carbons (Fsp3) is 0.292. The van der Waals surface area contributed by atoms with Crippen LogP contribution in [-0.4, -0.2) is 37.6 Å². The van der Waals surface area contributed by atoms with E-state index in [1.54, 1.807) is 32.2 Å². The number of nitrogens with zero attached hydrogens (tertiary/aromatic N) is 1. The number of nitrogens with one attached hydrogen (secondary N) is 2. The molecular formula is C24H27N3O5. The molecule has 1 heterocycles. The summed E-state index contributed by atoms with van der Waals surface area (Å²) >= 11 is 0. The van der Waals surface area contributed by atoms with Crippen molar-refractivity contribution in [3.8, 4) is 17.2 Å². The van der Waals surface area contributed by atoms with Gasteiger partial charge in [0, 0.05) is 24.8 Å². The zero-order valence-electron chi connectivity index (χ0n) is 18.4. The first-order valence-corrected chi connectivity index (χ1v) is 10.2. The van der Waals surface area contributed by atoms with E-state index in [0.717, 1.165) is 16.9 Å². The number of anilines is 1. The summed E-state index contributed by atoms with van der Waals surface area (Å²) in [5.74, 6) is 1.51. The predicted octanol–water partition coefficient (Wildman–Crippen LogP) is 3.49. The van der Waals surface area contributed by atoms with Crippen molar-refractivity contribution in [2.45, 2.75) is 26.3 Å². The number of amides is 2. The van der Waals surface area contributed by atoms with Gasteiger partial charge in [0.05, 0.1) is 13.7 Å². The number of hydrogen-bond acceptors (Lipinski definition) is 6. The molecule has 0 aliphatic rings. The number of aryl methyl sites for hydroxylation is 2. The fourth-order valence-electron chi connectivity index (χ4n) is 3.13. The maximum atomic E-state index is 12.3. The van der Waals surface area contributed by atoms with Gasteiger partial charge in [-0.25, -0.2) is 4.98 Å². The largest absolute Gasteiger partial charge is 0.497 e. The Morgan fingerprint density at radius 3 is 2.66 bits per heavy atom. The summed E-state index contributed by atoms with van der Waals surface area (Å²) < 4.78 is 15.8. The van der Waals surface area contributed by atoms with Gasteiger partial charge in [0.15, 0.2) is 0 Å². The molecule has 32 heavy (non-hydrogen) atoms. The second-order valence-electron chi connectivity index (χ2n) is 7.21. The maximum absolute atomic E-state index is 12.3. The molecule has 0 fully saturated rings. The number of aromatic nitrogens is 1. The summed E-state index contributed by atoms with van der Waals surface area (Å²) in [7, 11) is 3.08. The fourth-order valence-corrected chi connectivity index (χ4v) is 3.13. The zero-order chi connectivity index (χ0) is 22.9. The SMILES string of the molecule is COCC(=O)Nc1cccc(-c2nc(CNC(=O)CCc3cccc(OC)c3)c(C)o2)c1. The molecule has 0 atom stereocenters. The van der Waals surface area contributed by atoms with Crippen LogP contribution in [0, 0.1) is 6.92 Å². The predicted molar refractivity (Wildman–Crippen MR) is 120 cm³/mol. The van der Waals surface area contributed by atoms with E-state index in [1.165, 1.54) is 7.11 Å². The monoisotopic (exact) mass is 437 g/mol. The van der Waals surface area contributed by atoms with Crippen LogP contribution in [0.2, 0.25) is 0 Å². The zero-order valence-corrected chi connectivity index (χ0v) is 18.4. The first-order valence-electron chi connectivity index (χ1n) is 10.2. The van der Waals surface area contributed by atoms with Gasteiger partial charge >= 0.3 is 0 Å². The van der Waals surface area contributed by atoms with Gasteiger partial charge < -0.3 is 24.5 Å². The van der Waals surface area contributed by atoms with E-state index < -0.39 is 0 Å². The quantitative estimate of drug-likeness (QED) is 0.503. The normalized spacial score (nSPS) is 10.6. The van der Waals surface area contributed by atoms with Crippen molar-refractivity contribution >= 4 is 17.5 Å². The summed E-state index contributed by atoms with van der Waals surface area (Å²) in [6.45, 7) is 2.05. The first kappa shape index (κ1) is 23.0. The molecule has 168 valence electrons. The van der Waals surface area contributed by atoms with Crippen LogP contribution in [0.5, 0.6) is 5.75 Å². The molecule has 0 radical (unpaired) electrons. The maximum Gasteiger partial charge on any atom is 0.250 e. The van der Waals surface area contributed by atoms with Crippen LogP contribution in [0.1, 0.15) is 23.4 Å². The lowest BCUT2D eigenvalue weighted by molar-refractivity contribution is -0.121. The first-order chi connectivity index (χ1) is 15.5. The highest BCUT2D eigenvalue weighted by atomic mass is 16.5. The summed E-state index contributed by atoms with van der Waals surface area (Å²) in [6, 6.07) is 14.9. The van der Waals surface area contributed by atoms with Gasteiger partial charge in [0.1, 0.15) is 23.8 Å². The molecule has 3 rings (SSSR count). The molecule has 0 unspecified atom stereocenters. The standard InChI is InChI=1S/C24H27N3O5/c1-16-21(14-25-22(28)11-10-17-6-4-9-20(12-17)31-3)27-24(32-16)18-7-5-8-19(13-18)26-23(29)15-30-2/h4-9,12-13H,10-11,14-15H2,1-3H3,(H,25,28)(H,26,29). The molecule has 8 nitrogen and oxygen atoms in total. The van der Waals surface area contributed by atoms with Crippen LogP contribution in [0.25, 0.3) is 11.5 Å². The Morgan fingerprint density at radius 2 is 1.88 bits per heavy atom. The van der Waals surface area contributed by atoms with Gasteiger partial charge in [-0.05, 0) is 49.2 Å². The summed E-state index contributed by atoms with van der Waals surface area (Å²) in [4.78, 5) is 28.5. The third-order valence-corrected chi connectivity index (χ3v) is 4.79. The molecule has 8 heteroatoms. The lowest BCUT2D eigenvalue weighted by Gasteiger charge is -2.06. The van der Waals surface area contributed by atoms with Crippen molar-refractivity contribution < 1.29 is 23.5 Å². The third kappa shape index (κ3) is 6.42. The van der Waals surface area contributed by atoms with Gasteiger partial charge in [-0.3, -0.25) is 9.59 Å². The van der Waals surface area contributed by atoms with Crippen LogP contribution in [-0.2, 0) is 27.3 Å². The minimum Gasteiger partial charge on any atom is -0.497 e. The molecule has 2 aromatic carbocycles. The molecule has 0 saturated heterocycles. The molecular weight excluding hydrogens is 410 g/mol. The minimum absolute atomic E-state index is 0.0238. The number of benzene rings is 2. The van der Waals surface area contributed by atoms with Crippen LogP contribution in [0.3, 0.4) is 0 Å². The molecule has 3 aromatic rings. The Hall–Kier alpha value is -3.65. The summed E-state index contributed by atoms with van der Waals surface area (Å²) in [6.07, 6.45) is 0.980. The molecule has 2 amide bonds. The second kappa shape index (κ2) is 11.1. The number of hydrogen-bond donors (Lipinski definition) is 2. The molecule has 0 aliphatic carbocycles. The highest BCUT2D eigenvalue weighted by molar-refractivity contribution is 5.92. The highest BCUT2D eigenvalue weighted by Gasteiger charge is 2.13. The Labute approximate surface area is 186 Å². The van der Waals surface area contributed by atoms with Crippen molar-refractivity contribution in [3.63, 3.8) is 0 Å². The molecule has 0 bridgehead atoms. The Balaban J connectivity index is 1.57. The van der Waals surface area contributed by atoms with E-state index in [4.69, 9.17) is 13.9 Å². The average Bonchev–Trinajstić information content (AvgIpc) is 3.17. The minimum atomic E-state index is -0.245. The Bertz CT molecular complexity index is 1080. The van der Waals surface area contributed by atoms with Crippen LogP contribution in [0.4, 0.5) is 5.69 Å². The topological polar surface area (TPSA) is 103 Å². The number of ether oxygens (including phenoxy) is 2. The van der Waals surface area contributed by atoms with Crippen LogP contribution in [0.15, 0.2) is 52.9 Å². The molecule has 1 aromatic heterocycles. The molecule has 0 spiro atoms. The smallest absolute Gasteiger partial charge is 0.250 e. The van der Waals surface area contributed by atoms with E-state index in [0.29, 0.717) is 35.9 Å². The third-order valence-electron chi connectivity index (χ3n) is 4.79. The van der Waals surface area contributed by atoms with E-state index in [2.05, 4.69) is 15.6 Å². The number of carbonyl (C=O) groups excluding carboxylic acids is 2. The van der Waals surface area contributed by atoms with E-state index in [-0.39, 0.29) is 25.0 Å². The van der Waals surface area contributed by atoms with Gasteiger partial charge in [0.25, 0.3) is 0 Å². The van der Waals surface area contributed by atoms with Gasteiger partial charge in [-0.1, -0.05) is 18.2 Å². The van der Waals surface area contributed by atoms with Gasteiger partial charge in [-0.2, -0.15) is 0 Å². The average molecular weight is 437 g/mol. The lowest BCUT2D eigenvalue weighted by atomic mass is 10.1. The van der Waals surface area contributed by atoms with Crippen LogP contribution >= 0.6 is 0 Å². The number of methoxy groups -OCH3 is 2. The summed E-state index contributed by atoms with van der Waals surface area (Å²) in [5, 5.41) is 5.64. The van der Waals surface area contributed by atoms with Crippen molar-refractivity contribution in [2.24, 2.45) is 0 Å². The molecule has 2 N–H and O–H groups in total. The highest BCUT2D eigenvalue weighted by Crippen LogP contribution is 2.24.